The fraction of sp³-hybridized carbons (Fsp3) is 0.300. The highest BCUT2D eigenvalue weighted by molar-refractivity contribution is 9.10. The molecule has 1 aliphatic heterocycles. The van der Waals surface area contributed by atoms with Gasteiger partial charge in [0, 0.05) is 47.6 Å². The molecule has 2 N–H and O–H groups in total. The first-order valence-corrected chi connectivity index (χ1v) is 10.2. The Morgan fingerprint density at radius 1 is 1.11 bits per heavy atom. The molecule has 0 bridgehead atoms. The molecule has 0 aliphatic carbocycles. The van der Waals surface area contributed by atoms with Crippen LogP contribution in [0.1, 0.15) is 17.3 Å². The third kappa shape index (κ3) is 5.51. The maximum absolute atomic E-state index is 12.2. The number of hydrogen-bond acceptors (Lipinski definition) is 4. The zero-order valence-electron chi connectivity index (χ0n) is 15.2. The quantitative estimate of drug-likeness (QED) is 0.700. The van der Waals surface area contributed by atoms with Crippen LogP contribution < -0.4 is 15.5 Å². The molecule has 0 atom stereocenters. The molecule has 1 saturated heterocycles. The van der Waals surface area contributed by atoms with Crippen molar-refractivity contribution in [3.63, 3.8) is 0 Å². The molecule has 0 aromatic heterocycles. The van der Waals surface area contributed by atoms with Crippen molar-refractivity contribution >= 4 is 50.5 Å². The summed E-state index contributed by atoms with van der Waals surface area (Å²) in [7, 11) is 0. The fourth-order valence-electron chi connectivity index (χ4n) is 3.05. The molecule has 7 heteroatoms. The lowest BCUT2D eigenvalue weighted by Crippen LogP contribution is -2.46. The van der Waals surface area contributed by atoms with Crippen LogP contribution >= 0.6 is 28.1 Å². The van der Waals surface area contributed by atoms with Crippen LogP contribution in [0.5, 0.6) is 0 Å². The van der Waals surface area contributed by atoms with E-state index in [2.05, 4.69) is 55.4 Å². The number of halogens is 1. The van der Waals surface area contributed by atoms with E-state index in [1.807, 2.05) is 24.3 Å². The van der Waals surface area contributed by atoms with E-state index in [0.717, 1.165) is 42.9 Å². The Bertz CT molecular complexity index is 804. The topological polar surface area (TPSA) is 47.6 Å². The number of likely N-dealkylation sites (N-methyl/N-ethyl adjacent to an activating group) is 1. The highest BCUT2D eigenvalue weighted by Crippen LogP contribution is 2.19. The molecule has 27 heavy (non-hydrogen) atoms. The maximum Gasteiger partial charge on any atom is 0.257 e. The molecule has 0 radical (unpaired) electrons. The maximum atomic E-state index is 12.2. The van der Waals surface area contributed by atoms with Gasteiger partial charge in [0.1, 0.15) is 0 Å². The summed E-state index contributed by atoms with van der Waals surface area (Å²) in [6, 6.07) is 15.3. The molecule has 142 valence electrons. The zero-order chi connectivity index (χ0) is 19.2. The summed E-state index contributed by atoms with van der Waals surface area (Å²) in [4.78, 5) is 17.1. The Kier molecular flexibility index (Phi) is 6.82. The number of carbonyl (C=O) groups excluding carboxylic acids is 1. The molecule has 3 rings (SSSR count). The van der Waals surface area contributed by atoms with Crippen LogP contribution in [0.4, 0.5) is 11.4 Å². The number of rotatable bonds is 4. The van der Waals surface area contributed by atoms with Crippen LogP contribution in [0.3, 0.4) is 0 Å². The predicted octanol–water partition coefficient (Wildman–Crippen LogP) is 3.72. The highest BCUT2D eigenvalue weighted by atomic mass is 79.9. The van der Waals surface area contributed by atoms with E-state index >= 15 is 0 Å². The van der Waals surface area contributed by atoms with Crippen molar-refractivity contribution in [2.45, 2.75) is 6.92 Å². The SMILES string of the molecule is CCN1CCN(c2ccc(NC(=S)NC(=O)c3cccc(Br)c3)cc2)CC1. The van der Waals surface area contributed by atoms with Crippen LogP contribution in [-0.4, -0.2) is 48.6 Å². The largest absolute Gasteiger partial charge is 0.369 e. The Morgan fingerprint density at radius 3 is 2.44 bits per heavy atom. The van der Waals surface area contributed by atoms with Crippen molar-refractivity contribution in [2.75, 3.05) is 42.9 Å². The van der Waals surface area contributed by atoms with Gasteiger partial charge >= 0.3 is 0 Å². The first-order valence-electron chi connectivity index (χ1n) is 9.00. The van der Waals surface area contributed by atoms with Crippen LogP contribution in [0.2, 0.25) is 0 Å². The summed E-state index contributed by atoms with van der Waals surface area (Å²) >= 11 is 8.62. The van der Waals surface area contributed by atoms with Crippen LogP contribution in [-0.2, 0) is 0 Å². The molecule has 1 fully saturated rings. The van der Waals surface area contributed by atoms with E-state index in [4.69, 9.17) is 12.2 Å². The Labute approximate surface area is 173 Å². The first-order chi connectivity index (χ1) is 13.0. The van der Waals surface area contributed by atoms with Crippen molar-refractivity contribution in [1.82, 2.24) is 10.2 Å². The number of thiocarbonyl (C=S) groups is 1. The third-order valence-electron chi connectivity index (χ3n) is 4.62. The smallest absolute Gasteiger partial charge is 0.257 e. The van der Waals surface area contributed by atoms with Crippen molar-refractivity contribution in [1.29, 1.82) is 0 Å². The number of nitrogens with one attached hydrogen (secondary N) is 2. The molecule has 1 aliphatic rings. The molecule has 0 saturated carbocycles. The van der Waals surface area contributed by atoms with E-state index in [1.54, 1.807) is 12.1 Å². The highest BCUT2D eigenvalue weighted by Gasteiger charge is 2.15. The van der Waals surface area contributed by atoms with Crippen molar-refractivity contribution in [3.05, 3.63) is 58.6 Å². The van der Waals surface area contributed by atoms with Crippen LogP contribution in [0.25, 0.3) is 0 Å². The third-order valence-corrected chi connectivity index (χ3v) is 5.32. The molecular weight excluding hydrogens is 424 g/mol. The molecule has 0 unspecified atom stereocenters. The van der Waals surface area contributed by atoms with Gasteiger partial charge in [0.05, 0.1) is 0 Å². The predicted molar refractivity (Wildman–Crippen MR) is 119 cm³/mol. The van der Waals surface area contributed by atoms with Gasteiger partial charge in [-0.2, -0.15) is 0 Å². The van der Waals surface area contributed by atoms with Crippen molar-refractivity contribution in [3.8, 4) is 0 Å². The second-order valence-electron chi connectivity index (χ2n) is 6.39. The van der Waals surface area contributed by atoms with E-state index < -0.39 is 0 Å². The van der Waals surface area contributed by atoms with Crippen molar-refractivity contribution < 1.29 is 4.79 Å². The van der Waals surface area contributed by atoms with Gasteiger partial charge in [-0.05, 0) is 61.2 Å². The number of hydrogen-bond donors (Lipinski definition) is 2. The average molecular weight is 447 g/mol. The monoisotopic (exact) mass is 446 g/mol. The summed E-state index contributed by atoms with van der Waals surface area (Å²) in [6.07, 6.45) is 0. The second-order valence-corrected chi connectivity index (χ2v) is 7.71. The van der Waals surface area contributed by atoms with E-state index in [9.17, 15) is 4.79 Å². The number of anilines is 2. The minimum atomic E-state index is -0.237. The number of amides is 1. The lowest BCUT2D eigenvalue weighted by atomic mass is 10.2. The zero-order valence-corrected chi connectivity index (χ0v) is 17.6. The summed E-state index contributed by atoms with van der Waals surface area (Å²) in [6.45, 7) is 7.60. The average Bonchev–Trinajstić information content (AvgIpc) is 2.68. The summed E-state index contributed by atoms with van der Waals surface area (Å²) < 4.78 is 0.851. The van der Waals surface area contributed by atoms with E-state index in [0.29, 0.717) is 5.56 Å². The molecule has 1 heterocycles. The number of nitrogens with zero attached hydrogens (tertiary/aromatic N) is 2. The fourth-order valence-corrected chi connectivity index (χ4v) is 3.66. The minimum absolute atomic E-state index is 0.237. The van der Waals surface area contributed by atoms with Gasteiger partial charge in [0.2, 0.25) is 0 Å². The number of piperazine rings is 1. The second kappa shape index (κ2) is 9.30. The van der Waals surface area contributed by atoms with Crippen molar-refractivity contribution in [2.24, 2.45) is 0 Å². The Hall–Kier alpha value is -1.96. The van der Waals surface area contributed by atoms with E-state index in [1.165, 1.54) is 5.69 Å². The van der Waals surface area contributed by atoms with Gasteiger partial charge in [0.25, 0.3) is 5.91 Å². The summed E-state index contributed by atoms with van der Waals surface area (Å²) in [5.41, 5.74) is 2.61. The molecular formula is C20H23BrN4OS. The van der Waals surface area contributed by atoms with Gasteiger partial charge in [-0.1, -0.05) is 28.9 Å². The van der Waals surface area contributed by atoms with Gasteiger partial charge in [-0.25, -0.2) is 0 Å². The Balaban J connectivity index is 1.53. The Morgan fingerprint density at radius 2 is 1.81 bits per heavy atom. The van der Waals surface area contributed by atoms with Gasteiger partial charge in [-0.3, -0.25) is 10.1 Å². The summed E-state index contributed by atoms with van der Waals surface area (Å²) in [5, 5.41) is 6.05. The lowest BCUT2D eigenvalue weighted by Gasteiger charge is -2.35. The number of benzene rings is 2. The molecule has 2 aromatic carbocycles. The molecule has 0 spiro atoms. The number of carbonyl (C=O) groups is 1. The van der Waals surface area contributed by atoms with Crippen LogP contribution in [0, 0.1) is 0 Å². The standard InChI is InChI=1S/C20H23BrN4OS/c1-2-24-10-12-25(13-11-24)18-8-6-17(7-9-18)22-20(27)23-19(26)15-4-3-5-16(21)14-15/h3-9,14H,2,10-13H2,1H3,(H2,22,23,26,27). The molecule has 5 nitrogen and oxygen atoms in total. The van der Waals surface area contributed by atoms with Gasteiger partial charge in [0.15, 0.2) is 5.11 Å². The summed E-state index contributed by atoms with van der Waals surface area (Å²) in [5.74, 6) is -0.237. The minimum Gasteiger partial charge on any atom is -0.369 e. The van der Waals surface area contributed by atoms with E-state index in [-0.39, 0.29) is 11.0 Å². The van der Waals surface area contributed by atoms with Crippen LogP contribution in [0.15, 0.2) is 53.0 Å². The van der Waals surface area contributed by atoms with Gasteiger partial charge in [-0.15, -0.1) is 0 Å². The normalized spacial score (nSPS) is 14.7. The van der Waals surface area contributed by atoms with Gasteiger partial charge < -0.3 is 15.1 Å². The molecule has 2 aromatic rings. The first kappa shape index (κ1) is 19.8. The molecule has 1 amide bonds. The lowest BCUT2D eigenvalue weighted by molar-refractivity contribution is 0.0977.